The van der Waals surface area contributed by atoms with E-state index in [1.807, 2.05) is 6.07 Å². The monoisotopic (exact) mass is 179 g/mol. The predicted molar refractivity (Wildman–Crippen MR) is 49.9 cm³/mol. The summed E-state index contributed by atoms with van der Waals surface area (Å²) in [5.41, 5.74) is 6.67. The van der Waals surface area contributed by atoms with Crippen LogP contribution in [-0.2, 0) is 6.42 Å². The molecule has 0 bridgehead atoms. The molecule has 1 unspecified atom stereocenters. The van der Waals surface area contributed by atoms with Crippen molar-refractivity contribution in [1.82, 2.24) is 0 Å². The number of ether oxygens (including phenoxy) is 1. The lowest BCUT2D eigenvalue weighted by Gasteiger charge is -2.24. The van der Waals surface area contributed by atoms with Gasteiger partial charge >= 0.3 is 0 Å². The summed E-state index contributed by atoms with van der Waals surface area (Å²) in [5, 5.41) is 9.24. The highest BCUT2D eigenvalue weighted by Gasteiger charge is 2.18. The van der Waals surface area contributed by atoms with E-state index in [2.05, 4.69) is 0 Å². The third-order valence-corrected chi connectivity index (χ3v) is 2.34. The molecule has 0 aromatic heterocycles. The fourth-order valence-electron chi connectivity index (χ4n) is 1.58. The standard InChI is InChI=1S/C10H13NO2/c11-6-9-4-2-7-1-3-8(12)5-10(7)13-9/h1,3,5,9,12H,2,4,6,11H2. The van der Waals surface area contributed by atoms with E-state index < -0.39 is 0 Å². The molecule has 0 radical (unpaired) electrons. The van der Waals surface area contributed by atoms with Crippen LogP contribution in [0.1, 0.15) is 12.0 Å². The Kier molecular flexibility index (Phi) is 2.10. The van der Waals surface area contributed by atoms with Crippen molar-refractivity contribution in [1.29, 1.82) is 0 Å². The zero-order chi connectivity index (χ0) is 9.26. The summed E-state index contributed by atoms with van der Waals surface area (Å²) in [6, 6.07) is 5.24. The second-order valence-electron chi connectivity index (χ2n) is 3.31. The van der Waals surface area contributed by atoms with Gasteiger partial charge in [-0.25, -0.2) is 0 Å². The molecule has 3 N–H and O–H groups in total. The molecule has 70 valence electrons. The molecule has 0 spiro atoms. The van der Waals surface area contributed by atoms with Crippen LogP contribution in [0.3, 0.4) is 0 Å². The lowest BCUT2D eigenvalue weighted by atomic mass is 10.0. The van der Waals surface area contributed by atoms with Crippen LogP contribution in [-0.4, -0.2) is 17.8 Å². The molecule has 1 aromatic carbocycles. The Bertz CT molecular complexity index is 312. The van der Waals surface area contributed by atoms with Gasteiger partial charge < -0.3 is 15.6 Å². The number of nitrogens with two attached hydrogens (primary N) is 1. The zero-order valence-corrected chi connectivity index (χ0v) is 7.36. The first-order valence-electron chi connectivity index (χ1n) is 4.48. The minimum atomic E-state index is 0.106. The van der Waals surface area contributed by atoms with Crippen molar-refractivity contribution in [2.75, 3.05) is 6.54 Å². The number of phenols is 1. The van der Waals surface area contributed by atoms with Gasteiger partial charge in [-0.3, -0.25) is 0 Å². The van der Waals surface area contributed by atoms with Gasteiger partial charge in [-0.15, -0.1) is 0 Å². The molecule has 1 heterocycles. The highest BCUT2D eigenvalue weighted by molar-refractivity contribution is 5.41. The van der Waals surface area contributed by atoms with Crippen molar-refractivity contribution in [2.45, 2.75) is 18.9 Å². The number of benzene rings is 1. The second-order valence-corrected chi connectivity index (χ2v) is 3.31. The maximum Gasteiger partial charge on any atom is 0.126 e. The van der Waals surface area contributed by atoms with Crippen LogP contribution >= 0.6 is 0 Å². The molecule has 3 nitrogen and oxygen atoms in total. The smallest absolute Gasteiger partial charge is 0.126 e. The Morgan fingerprint density at radius 1 is 1.54 bits per heavy atom. The van der Waals surface area contributed by atoms with E-state index in [9.17, 15) is 5.11 Å². The first-order chi connectivity index (χ1) is 6.29. The van der Waals surface area contributed by atoms with E-state index in [0.29, 0.717) is 6.54 Å². The molecule has 1 aromatic rings. The van der Waals surface area contributed by atoms with Gasteiger partial charge in [0, 0.05) is 12.6 Å². The van der Waals surface area contributed by atoms with Crippen LogP contribution in [0.15, 0.2) is 18.2 Å². The number of hydrogen-bond donors (Lipinski definition) is 2. The highest BCUT2D eigenvalue weighted by atomic mass is 16.5. The maximum absolute atomic E-state index is 9.24. The van der Waals surface area contributed by atoms with E-state index >= 15 is 0 Å². The van der Waals surface area contributed by atoms with Crippen molar-refractivity contribution in [3.05, 3.63) is 23.8 Å². The minimum absolute atomic E-state index is 0.106. The van der Waals surface area contributed by atoms with Crippen LogP contribution in [0, 0.1) is 0 Å². The fourth-order valence-corrected chi connectivity index (χ4v) is 1.58. The topological polar surface area (TPSA) is 55.5 Å². The summed E-state index contributed by atoms with van der Waals surface area (Å²) in [7, 11) is 0. The SMILES string of the molecule is NCC1CCc2ccc(O)cc2O1. The number of aromatic hydroxyl groups is 1. The van der Waals surface area contributed by atoms with Crippen molar-refractivity contribution >= 4 is 0 Å². The molecule has 13 heavy (non-hydrogen) atoms. The van der Waals surface area contributed by atoms with Gasteiger partial charge in [-0.1, -0.05) is 6.07 Å². The van der Waals surface area contributed by atoms with Crippen LogP contribution in [0.25, 0.3) is 0 Å². The first kappa shape index (κ1) is 8.38. The minimum Gasteiger partial charge on any atom is -0.508 e. The first-order valence-corrected chi connectivity index (χ1v) is 4.48. The Morgan fingerprint density at radius 2 is 2.38 bits per heavy atom. The molecule has 1 aliphatic rings. The summed E-state index contributed by atoms with van der Waals surface area (Å²) in [6.45, 7) is 0.537. The average Bonchev–Trinajstić information content (AvgIpc) is 2.16. The molecular weight excluding hydrogens is 166 g/mol. The Hall–Kier alpha value is -1.22. The Morgan fingerprint density at radius 3 is 3.15 bits per heavy atom. The largest absolute Gasteiger partial charge is 0.508 e. The van der Waals surface area contributed by atoms with Gasteiger partial charge in [0.1, 0.15) is 17.6 Å². The molecule has 0 fully saturated rings. The van der Waals surface area contributed by atoms with E-state index in [1.165, 1.54) is 0 Å². The van der Waals surface area contributed by atoms with Gasteiger partial charge in [0.2, 0.25) is 0 Å². The molecule has 2 rings (SSSR count). The fraction of sp³-hybridized carbons (Fsp3) is 0.400. The Labute approximate surface area is 77.1 Å². The van der Waals surface area contributed by atoms with Crippen LogP contribution in [0.5, 0.6) is 11.5 Å². The summed E-state index contributed by atoms with van der Waals surface area (Å²) in [4.78, 5) is 0. The number of fused-ring (bicyclic) bond motifs is 1. The predicted octanol–water partition coefficient (Wildman–Crippen LogP) is 1.04. The second kappa shape index (κ2) is 3.26. The third-order valence-electron chi connectivity index (χ3n) is 2.34. The van der Waals surface area contributed by atoms with E-state index in [-0.39, 0.29) is 11.9 Å². The Balaban J connectivity index is 2.27. The molecule has 0 saturated heterocycles. The van der Waals surface area contributed by atoms with Gasteiger partial charge in [-0.2, -0.15) is 0 Å². The molecular formula is C10H13NO2. The summed E-state index contributed by atoms with van der Waals surface area (Å²) < 4.78 is 5.58. The lowest BCUT2D eigenvalue weighted by molar-refractivity contribution is 0.180. The number of hydrogen-bond acceptors (Lipinski definition) is 3. The van der Waals surface area contributed by atoms with Crippen LogP contribution in [0.4, 0.5) is 0 Å². The van der Waals surface area contributed by atoms with Gasteiger partial charge in [0.15, 0.2) is 0 Å². The third kappa shape index (κ3) is 1.60. The van der Waals surface area contributed by atoms with Gasteiger partial charge in [0.05, 0.1) is 0 Å². The number of phenolic OH excluding ortho intramolecular Hbond substituents is 1. The molecule has 1 atom stereocenters. The van der Waals surface area contributed by atoms with E-state index in [0.717, 1.165) is 24.2 Å². The highest BCUT2D eigenvalue weighted by Crippen LogP contribution is 2.30. The van der Waals surface area contributed by atoms with Gasteiger partial charge in [-0.05, 0) is 24.5 Å². The van der Waals surface area contributed by atoms with Crippen molar-refractivity contribution in [3.63, 3.8) is 0 Å². The maximum atomic E-state index is 9.24. The van der Waals surface area contributed by atoms with Crippen molar-refractivity contribution < 1.29 is 9.84 Å². The van der Waals surface area contributed by atoms with Crippen LogP contribution < -0.4 is 10.5 Å². The lowest BCUT2D eigenvalue weighted by Crippen LogP contribution is -2.30. The molecule has 1 aliphatic heterocycles. The summed E-state index contributed by atoms with van der Waals surface area (Å²) >= 11 is 0. The van der Waals surface area contributed by atoms with E-state index in [1.54, 1.807) is 12.1 Å². The van der Waals surface area contributed by atoms with Crippen LogP contribution in [0.2, 0.25) is 0 Å². The number of aryl methyl sites for hydroxylation is 1. The average molecular weight is 179 g/mol. The van der Waals surface area contributed by atoms with Crippen molar-refractivity contribution in [2.24, 2.45) is 5.73 Å². The van der Waals surface area contributed by atoms with E-state index in [4.69, 9.17) is 10.5 Å². The quantitative estimate of drug-likeness (QED) is 0.677. The zero-order valence-electron chi connectivity index (χ0n) is 7.36. The summed E-state index contributed by atoms with van der Waals surface area (Å²) in [6.07, 6.45) is 2.06. The summed E-state index contributed by atoms with van der Waals surface area (Å²) in [5.74, 6) is 1.03. The number of rotatable bonds is 1. The normalized spacial score (nSPS) is 20.5. The van der Waals surface area contributed by atoms with Gasteiger partial charge in [0.25, 0.3) is 0 Å². The molecule has 0 amide bonds. The molecule has 0 aliphatic carbocycles. The molecule has 3 heteroatoms. The molecule has 0 saturated carbocycles. The van der Waals surface area contributed by atoms with Crippen molar-refractivity contribution in [3.8, 4) is 11.5 Å².